The third kappa shape index (κ3) is 3.85. The van der Waals surface area contributed by atoms with Crippen LogP contribution in [0, 0.1) is 12.8 Å². The van der Waals surface area contributed by atoms with Crippen LogP contribution in [0.15, 0.2) is 54.7 Å². The van der Waals surface area contributed by atoms with Gasteiger partial charge in [-0.15, -0.1) is 11.3 Å². The molecule has 0 atom stereocenters. The van der Waals surface area contributed by atoms with Gasteiger partial charge in [0.05, 0.1) is 15.2 Å². The van der Waals surface area contributed by atoms with Crippen LogP contribution in [0.4, 0.5) is 0 Å². The summed E-state index contributed by atoms with van der Waals surface area (Å²) in [4.78, 5) is 4.23. The quantitative estimate of drug-likeness (QED) is 0.511. The lowest BCUT2D eigenvalue weighted by molar-refractivity contribution is 0.476. The van der Waals surface area contributed by atoms with Crippen molar-refractivity contribution in [1.82, 2.24) is 9.55 Å². The Kier molecular flexibility index (Phi) is 4.45. The number of aromatic hydroxyl groups is 1. The Morgan fingerprint density at radius 1 is 1.16 bits per heavy atom. The Bertz CT molecular complexity index is 997. The predicted octanol–water partition coefficient (Wildman–Crippen LogP) is 5.75. The van der Waals surface area contributed by atoms with Gasteiger partial charge in [0.15, 0.2) is 0 Å². The minimum absolute atomic E-state index is 0.280. The minimum atomic E-state index is 0.280. The molecule has 4 heteroatoms. The van der Waals surface area contributed by atoms with Crippen molar-refractivity contribution in [2.24, 2.45) is 5.92 Å². The fourth-order valence-corrected chi connectivity index (χ4v) is 3.90. The van der Waals surface area contributed by atoms with Crippen LogP contribution < -0.4 is 0 Å². The molecule has 0 spiro atoms. The molecule has 1 N–H and O–H groups in total. The molecule has 2 aromatic carbocycles. The zero-order chi connectivity index (χ0) is 17.2. The van der Waals surface area contributed by atoms with Crippen LogP contribution in [0.3, 0.4) is 0 Å². The molecule has 0 bridgehead atoms. The summed E-state index contributed by atoms with van der Waals surface area (Å²) in [6.45, 7) is 3.15. The Morgan fingerprint density at radius 2 is 2.00 bits per heavy atom. The summed E-state index contributed by atoms with van der Waals surface area (Å²) >= 11 is 1.64. The fourth-order valence-electron chi connectivity index (χ4n) is 3.09. The van der Waals surface area contributed by atoms with Gasteiger partial charge in [0, 0.05) is 24.3 Å². The van der Waals surface area contributed by atoms with Gasteiger partial charge < -0.3 is 9.67 Å². The van der Waals surface area contributed by atoms with E-state index in [0.717, 1.165) is 21.1 Å². The molecule has 0 unspecified atom stereocenters. The first-order chi connectivity index (χ1) is 12.2. The lowest BCUT2D eigenvalue weighted by Gasteiger charge is -2.03. The first kappa shape index (κ1) is 16.2. The van der Waals surface area contributed by atoms with Crippen LogP contribution in [0.5, 0.6) is 5.75 Å². The van der Waals surface area contributed by atoms with E-state index in [4.69, 9.17) is 5.11 Å². The van der Waals surface area contributed by atoms with Crippen molar-refractivity contribution in [1.29, 1.82) is 0 Å². The van der Waals surface area contributed by atoms with Crippen molar-refractivity contribution >= 4 is 32.5 Å². The number of fused-ring (bicyclic) bond motifs is 2. The van der Waals surface area contributed by atoms with Gasteiger partial charge >= 0.3 is 0 Å². The summed E-state index contributed by atoms with van der Waals surface area (Å²) in [5.74, 6) is 1.30. The van der Waals surface area contributed by atoms with Crippen molar-refractivity contribution < 1.29 is 5.11 Å². The van der Waals surface area contributed by atoms with Crippen molar-refractivity contribution in [3.8, 4) is 5.75 Å². The number of phenolic OH excluding ortho intramolecular Hbond substituents is 1. The second kappa shape index (κ2) is 6.89. The van der Waals surface area contributed by atoms with E-state index in [1.165, 1.54) is 36.7 Å². The van der Waals surface area contributed by atoms with Crippen LogP contribution in [0.25, 0.3) is 21.1 Å². The van der Waals surface area contributed by atoms with Crippen LogP contribution in [0.2, 0.25) is 0 Å². The van der Waals surface area contributed by atoms with Crippen molar-refractivity contribution in [2.45, 2.75) is 32.7 Å². The predicted molar refractivity (Wildman–Crippen MR) is 105 cm³/mol. The van der Waals surface area contributed by atoms with Gasteiger partial charge in [0.25, 0.3) is 0 Å². The zero-order valence-corrected chi connectivity index (χ0v) is 15.2. The highest BCUT2D eigenvalue weighted by molar-refractivity contribution is 7.18. The molecule has 0 aliphatic heterocycles. The molecule has 2 heterocycles. The minimum Gasteiger partial charge on any atom is -0.508 e. The normalized spacial score (nSPS) is 13.8. The van der Waals surface area contributed by atoms with E-state index in [9.17, 15) is 0 Å². The lowest BCUT2D eigenvalue weighted by atomic mass is 10.2. The monoisotopic (exact) mass is 350 g/mol. The second-order valence-corrected chi connectivity index (χ2v) is 7.92. The Labute approximate surface area is 151 Å². The number of aromatic nitrogens is 2. The second-order valence-electron chi connectivity index (χ2n) is 6.68. The Morgan fingerprint density at radius 3 is 2.84 bits per heavy atom. The molecule has 3 nitrogen and oxygen atoms in total. The summed E-state index contributed by atoms with van der Waals surface area (Å²) in [6.07, 6.45) is 6.49. The highest BCUT2D eigenvalue weighted by atomic mass is 32.1. The molecule has 0 amide bonds. The third-order valence-corrected chi connectivity index (χ3v) is 5.59. The number of benzene rings is 2. The first-order valence-corrected chi connectivity index (χ1v) is 9.61. The molecule has 5 rings (SSSR count). The van der Waals surface area contributed by atoms with Gasteiger partial charge in [-0.2, -0.15) is 0 Å². The van der Waals surface area contributed by atoms with Crippen molar-refractivity contribution in [3.05, 3.63) is 59.7 Å². The van der Waals surface area contributed by atoms with E-state index in [1.54, 1.807) is 23.5 Å². The van der Waals surface area contributed by atoms with Gasteiger partial charge in [-0.05, 0) is 48.9 Å². The zero-order valence-electron chi connectivity index (χ0n) is 14.4. The number of thiazole rings is 1. The van der Waals surface area contributed by atoms with Crippen molar-refractivity contribution in [3.63, 3.8) is 0 Å². The van der Waals surface area contributed by atoms with E-state index in [2.05, 4.69) is 46.1 Å². The molecule has 128 valence electrons. The van der Waals surface area contributed by atoms with E-state index >= 15 is 0 Å². The third-order valence-electron chi connectivity index (χ3n) is 4.63. The van der Waals surface area contributed by atoms with Gasteiger partial charge in [-0.3, -0.25) is 0 Å². The number of hydrogen-bond acceptors (Lipinski definition) is 3. The molecule has 1 saturated carbocycles. The van der Waals surface area contributed by atoms with Crippen molar-refractivity contribution in [2.75, 3.05) is 0 Å². The average molecular weight is 350 g/mol. The first-order valence-electron chi connectivity index (χ1n) is 8.79. The SMILES string of the molecule is Cc1nc2cc(O)ccc2s1.c1ccc2c(c1)ccn2CCC1CC1. The van der Waals surface area contributed by atoms with Gasteiger partial charge in [-0.1, -0.05) is 31.0 Å². The van der Waals surface area contributed by atoms with E-state index in [-0.39, 0.29) is 5.75 Å². The number of aryl methyl sites for hydroxylation is 2. The maximum absolute atomic E-state index is 9.10. The maximum Gasteiger partial charge on any atom is 0.117 e. The number of para-hydroxylation sites is 1. The number of nitrogens with zero attached hydrogens (tertiary/aromatic N) is 2. The highest BCUT2D eigenvalue weighted by Crippen LogP contribution is 2.33. The summed E-state index contributed by atoms with van der Waals surface area (Å²) in [7, 11) is 0. The standard InChI is InChI=1S/C13H15N.C8H7NOS/c1-2-4-13-12(3-1)8-10-14(13)9-7-11-5-6-11;1-5-9-7-4-6(10)2-3-8(7)11-5/h1-4,8,10-11H,5-7,9H2;2-4,10H,1H3. The molecule has 25 heavy (non-hydrogen) atoms. The molecule has 1 aliphatic rings. The van der Waals surface area contributed by atoms with Gasteiger partial charge in [-0.25, -0.2) is 4.98 Å². The van der Waals surface area contributed by atoms with Crippen LogP contribution in [0.1, 0.15) is 24.3 Å². The summed E-state index contributed by atoms with van der Waals surface area (Å²) < 4.78 is 3.51. The number of hydrogen-bond donors (Lipinski definition) is 1. The highest BCUT2D eigenvalue weighted by Gasteiger charge is 2.20. The van der Waals surface area contributed by atoms with Gasteiger partial charge in [0.2, 0.25) is 0 Å². The summed E-state index contributed by atoms with van der Waals surface area (Å²) in [6, 6.07) is 16.1. The lowest BCUT2D eigenvalue weighted by Crippen LogP contribution is -1.96. The molecule has 0 saturated heterocycles. The number of phenols is 1. The molecule has 4 aromatic rings. The molecular weight excluding hydrogens is 328 g/mol. The molecule has 2 aromatic heterocycles. The molecule has 0 radical (unpaired) electrons. The Hall–Kier alpha value is -2.33. The molecule has 1 fully saturated rings. The largest absolute Gasteiger partial charge is 0.508 e. The number of rotatable bonds is 3. The summed E-state index contributed by atoms with van der Waals surface area (Å²) in [5, 5.41) is 11.5. The van der Waals surface area contributed by atoms with Gasteiger partial charge in [0.1, 0.15) is 5.75 Å². The topological polar surface area (TPSA) is 38.1 Å². The molecular formula is C21H22N2OS. The molecule has 1 aliphatic carbocycles. The van der Waals surface area contributed by atoms with E-state index < -0.39 is 0 Å². The maximum atomic E-state index is 9.10. The van der Waals surface area contributed by atoms with Crippen LogP contribution >= 0.6 is 11.3 Å². The van der Waals surface area contributed by atoms with Crippen LogP contribution in [-0.4, -0.2) is 14.7 Å². The average Bonchev–Trinajstić information content (AvgIpc) is 3.23. The fraction of sp³-hybridized carbons (Fsp3) is 0.286. The smallest absolute Gasteiger partial charge is 0.117 e. The Balaban J connectivity index is 0.000000129. The summed E-state index contributed by atoms with van der Waals surface area (Å²) in [5.41, 5.74) is 2.26. The van der Waals surface area contributed by atoms with Crippen LogP contribution in [-0.2, 0) is 6.54 Å². The van der Waals surface area contributed by atoms with E-state index in [0.29, 0.717) is 0 Å². The van der Waals surface area contributed by atoms with E-state index in [1.807, 2.05) is 13.0 Å².